The van der Waals surface area contributed by atoms with Crippen LogP contribution in [0.1, 0.15) is 31.4 Å². The number of benzene rings is 2. The third kappa shape index (κ3) is 3.72. The number of nitrogens with one attached hydrogen (secondary N) is 2. The third-order valence-electron chi connectivity index (χ3n) is 4.84. The summed E-state index contributed by atoms with van der Waals surface area (Å²) >= 11 is 0. The van der Waals surface area contributed by atoms with E-state index in [9.17, 15) is 4.79 Å². The summed E-state index contributed by atoms with van der Waals surface area (Å²) in [7, 11) is 1.63. The van der Waals surface area contributed by atoms with E-state index >= 15 is 0 Å². The highest BCUT2D eigenvalue weighted by molar-refractivity contribution is 5.86. The van der Waals surface area contributed by atoms with Crippen molar-refractivity contribution in [2.24, 2.45) is 0 Å². The summed E-state index contributed by atoms with van der Waals surface area (Å²) in [6, 6.07) is 14.5. The molecule has 1 unspecified atom stereocenters. The van der Waals surface area contributed by atoms with Gasteiger partial charge in [-0.3, -0.25) is 4.79 Å². The van der Waals surface area contributed by atoms with E-state index in [0.717, 1.165) is 18.7 Å². The first-order chi connectivity index (χ1) is 11.1. The summed E-state index contributed by atoms with van der Waals surface area (Å²) in [4.78, 5) is 12.7. The highest BCUT2D eigenvalue weighted by atomic mass is 35.5. The number of carbonyl (C=O) groups excluding carboxylic acids is 1. The first kappa shape index (κ1) is 18.7. The number of amides is 1. The molecule has 1 aliphatic heterocycles. The first-order valence-corrected chi connectivity index (χ1v) is 8.20. The number of rotatable bonds is 4. The van der Waals surface area contributed by atoms with Crippen molar-refractivity contribution in [1.29, 1.82) is 0 Å². The van der Waals surface area contributed by atoms with Gasteiger partial charge in [-0.1, -0.05) is 36.4 Å². The van der Waals surface area contributed by atoms with Crippen LogP contribution >= 0.6 is 12.4 Å². The van der Waals surface area contributed by atoms with Gasteiger partial charge in [-0.05, 0) is 55.3 Å². The van der Waals surface area contributed by atoms with E-state index in [-0.39, 0.29) is 24.4 Å². The molecule has 2 N–H and O–H groups in total. The highest BCUT2D eigenvalue weighted by Gasteiger charge is 2.40. The Morgan fingerprint density at radius 1 is 1.17 bits per heavy atom. The van der Waals surface area contributed by atoms with Crippen LogP contribution in [0.4, 0.5) is 0 Å². The Morgan fingerprint density at radius 3 is 2.50 bits per heavy atom. The molecule has 0 saturated carbocycles. The lowest BCUT2D eigenvalue weighted by molar-refractivity contribution is -0.147. The van der Waals surface area contributed by atoms with Crippen LogP contribution in [0.15, 0.2) is 42.5 Å². The molecule has 4 nitrogen and oxygen atoms in total. The maximum atomic E-state index is 12.7. The van der Waals surface area contributed by atoms with Gasteiger partial charge in [-0.25, -0.2) is 0 Å². The number of piperidine rings is 1. The van der Waals surface area contributed by atoms with E-state index < -0.39 is 5.60 Å². The zero-order chi connectivity index (χ0) is 16.3. The van der Waals surface area contributed by atoms with Crippen molar-refractivity contribution < 1.29 is 9.53 Å². The minimum atomic E-state index is -0.698. The van der Waals surface area contributed by atoms with Crippen molar-refractivity contribution in [1.82, 2.24) is 10.6 Å². The van der Waals surface area contributed by atoms with Crippen LogP contribution in [0.5, 0.6) is 0 Å². The van der Waals surface area contributed by atoms with Gasteiger partial charge in [-0.15, -0.1) is 12.4 Å². The number of hydrogen-bond donors (Lipinski definition) is 2. The molecule has 0 aromatic heterocycles. The normalized spacial score (nSPS) is 17.8. The zero-order valence-corrected chi connectivity index (χ0v) is 15.0. The number of carbonyl (C=O) groups is 1. The fraction of sp³-hybridized carbons (Fsp3) is 0.421. The van der Waals surface area contributed by atoms with E-state index in [1.54, 1.807) is 7.11 Å². The van der Waals surface area contributed by atoms with Gasteiger partial charge in [0.05, 0.1) is 6.04 Å². The minimum Gasteiger partial charge on any atom is -0.368 e. The summed E-state index contributed by atoms with van der Waals surface area (Å²) in [5.74, 6) is -0.0119. The second-order valence-electron chi connectivity index (χ2n) is 6.25. The standard InChI is InChI=1S/C19H24N2O2.ClH/c1-14(16-8-7-15-5-3-4-6-17(15)13-16)21-18(22)19(23-2)9-11-20-12-10-19;/h3-8,13-14,20H,9-12H2,1-2H3,(H,21,22);1H. The zero-order valence-electron chi connectivity index (χ0n) is 14.2. The number of fused-ring (bicyclic) bond motifs is 1. The lowest BCUT2D eigenvalue weighted by atomic mass is 9.90. The molecule has 0 bridgehead atoms. The topological polar surface area (TPSA) is 50.4 Å². The Morgan fingerprint density at radius 2 is 1.83 bits per heavy atom. The number of halogens is 1. The Balaban J connectivity index is 0.00000208. The second kappa shape index (κ2) is 7.97. The van der Waals surface area contributed by atoms with Crippen LogP contribution in [-0.2, 0) is 9.53 Å². The number of ether oxygens (including phenoxy) is 1. The van der Waals surface area contributed by atoms with Crippen molar-refractivity contribution in [3.05, 3.63) is 48.0 Å². The Bertz CT molecular complexity index is 699. The predicted molar refractivity (Wildman–Crippen MR) is 99.6 cm³/mol. The minimum absolute atomic E-state index is 0. The Labute approximate surface area is 149 Å². The maximum absolute atomic E-state index is 12.7. The monoisotopic (exact) mass is 348 g/mol. The van der Waals surface area contributed by atoms with E-state index in [2.05, 4.69) is 41.0 Å². The van der Waals surface area contributed by atoms with Gasteiger partial charge < -0.3 is 15.4 Å². The molecule has 1 aliphatic rings. The van der Waals surface area contributed by atoms with E-state index in [0.29, 0.717) is 12.8 Å². The van der Waals surface area contributed by atoms with Gasteiger partial charge in [0.2, 0.25) is 0 Å². The van der Waals surface area contributed by atoms with Gasteiger partial charge in [-0.2, -0.15) is 0 Å². The molecule has 3 rings (SSSR count). The van der Waals surface area contributed by atoms with E-state index in [4.69, 9.17) is 4.74 Å². The molecule has 130 valence electrons. The van der Waals surface area contributed by atoms with Crippen molar-refractivity contribution in [3.8, 4) is 0 Å². The maximum Gasteiger partial charge on any atom is 0.252 e. The van der Waals surface area contributed by atoms with Gasteiger partial charge in [0.1, 0.15) is 5.60 Å². The fourth-order valence-corrected chi connectivity index (χ4v) is 3.24. The van der Waals surface area contributed by atoms with Crippen LogP contribution in [-0.4, -0.2) is 31.7 Å². The average molecular weight is 349 g/mol. The first-order valence-electron chi connectivity index (χ1n) is 8.20. The Hall–Kier alpha value is -1.62. The van der Waals surface area contributed by atoms with Crippen molar-refractivity contribution >= 4 is 29.1 Å². The highest BCUT2D eigenvalue weighted by Crippen LogP contribution is 2.25. The summed E-state index contributed by atoms with van der Waals surface area (Å²) in [6.45, 7) is 3.64. The van der Waals surface area contributed by atoms with Gasteiger partial charge in [0.25, 0.3) is 5.91 Å². The molecule has 1 amide bonds. The van der Waals surface area contributed by atoms with Crippen LogP contribution in [0, 0.1) is 0 Å². The molecule has 24 heavy (non-hydrogen) atoms. The molecular formula is C19H25ClN2O2. The summed E-state index contributed by atoms with van der Waals surface area (Å²) in [5, 5.41) is 8.80. The lowest BCUT2D eigenvalue weighted by Gasteiger charge is -2.35. The number of methoxy groups -OCH3 is 1. The van der Waals surface area contributed by atoms with Gasteiger partial charge >= 0.3 is 0 Å². The molecule has 2 aromatic carbocycles. The molecular weight excluding hydrogens is 324 g/mol. The summed E-state index contributed by atoms with van der Waals surface area (Å²) < 4.78 is 5.60. The van der Waals surface area contributed by atoms with E-state index in [1.807, 2.05) is 19.1 Å². The van der Waals surface area contributed by atoms with Gasteiger partial charge in [0, 0.05) is 7.11 Å². The SMILES string of the molecule is COC1(C(=O)NC(C)c2ccc3ccccc3c2)CCNCC1.Cl. The quantitative estimate of drug-likeness (QED) is 0.892. The van der Waals surface area contributed by atoms with Crippen LogP contribution in [0.2, 0.25) is 0 Å². The summed E-state index contributed by atoms with van der Waals surface area (Å²) in [5.41, 5.74) is 0.410. The molecule has 5 heteroatoms. The molecule has 0 radical (unpaired) electrons. The number of hydrogen-bond acceptors (Lipinski definition) is 3. The molecule has 0 aliphatic carbocycles. The molecule has 2 aromatic rings. The molecule has 1 saturated heterocycles. The molecule has 1 atom stereocenters. The average Bonchev–Trinajstić information content (AvgIpc) is 2.61. The largest absolute Gasteiger partial charge is 0.368 e. The van der Waals surface area contributed by atoms with Crippen molar-refractivity contribution in [2.75, 3.05) is 20.2 Å². The second-order valence-corrected chi connectivity index (χ2v) is 6.25. The molecule has 0 spiro atoms. The summed E-state index contributed by atoms with van der Waals surface area (Å²) in [6.07, 6.45) is 1.42. The lowest BCUT2D eigenvalue weighted by Crippen LogP contribution is -2.54. The predicted octanol–water partition coefficient (Wildman–Crippen LogP) is 3.21. The third-order valence-corrected chi connectivity index (χ3v) is 4.84. The van der Waals surface area contributed by atoms with Gasteiger partial charge in [0.15, 0.2) is 0 Å². The van der Waals surface area contributed by atoms with Crippen LogP contribution in [0.3, 0.4) is 0 Å². The van der Waals surface area contributed by atoms with Crippen molar-refractivity contribution in [2.45, 2.75) is 31.4 Å². The molecule has 1 fully saturated rings. The smallest absolute Gasteiger partial charge is 0.252 e. The van der Waals surface area contributed by atoms with Crippen molar-refractivity contribution in [3.63, 3.8) is 0 Å². The van der Waals surface area contributed by atoms with Crippen LogP contribution < -0.4 is 10.6 Å². The fourth-order valence-electron chi connectivity index (χ4n) is 3.24. The van der Waals surface area contributed by atoms with E-state index in [1.165, 1.54) is 10.8 Å². The van der Waals surface area contributed by atoms with Crippen LogP contribution in [0.25, 0.3) is 10.8 Å². The molecule has 1 heterocycles. The Kier molecular flexibility index (Phi) is 6.21.